The number of para-hydroxylation sites is 2. The summed E-state index contributed by atoms with van der Waals surface area (Å²) in [5, 5.41) is 10.6. The molecular weight excluding hydrogens is 334 g/mol. The number of nitro benzene ring substituents is 1. The molecule has 0 aliphatic carbocycles. The number of alkyl halides is 2. The molecule has 2 aromatic rings. The Hall–Kier alpha value is -2.75. The van der Waals surface area contributed by atoms with Crippen LogP contribution in [0.25, 0.3) is 0 Å². The third-order valence-corrected chi connectivity index (χ3v) is 4.09. The van der Waals surface area contributed by atoms with Crippen LogP contribution in [0.5, 0.6) is 5.75 Å². The third kappa shape index (κ3) is 4.13. The van der Waals surface area contributed by atoms with E-state index in [4.69, 9.17) is 0 Å². The van der Waals surface area contributed by atoms with Crippen molar-refractivity contribution in [3.63, 3.8) is 0 Å². The van der Waals surface area contributed by atoms with Crippen molar-refractivity contribution in [2.75, 3.05) is 4.72 Å². The van der Waals surface area contributed by atoms with Crippen LogP contribution in [0.15, 0.2) is 53.4 Å². The molecule has 0 radical (unpaired) electrons. The number of anilines is 1. The first-order chi connectivity index (χ1) is 10.8. The molecule has 0 unspecified atom stereocenters. The average molecular weight is 344 g/mol. The first-order valence-electron chi connectivity index (χ1n) is 6.11. The number of halogens is 2. The molecule has 0 atom stereocenters. The number of non-ortho nitro benzene ring substituents is 1. The van der Waals surface area contributed by atoms with E-state index in [1.165, 1.54) is 24.3 Å². The number of rotatable bonds is 6. The molecule has 2 rings (SSSR count). The van der Waals surface area contributed by atoms with Gasteiger partial charge in [0.2, 0.25) is 0 Å². The van der Waals surface area contributed by atoms with E-state index >= 15 is 0 Å². The molecule has 0 heterocycles. The molecule has 0 aromatic heterocycles. The predicted molar refractivity (Wildman–Crippen MR) is 77.0 cm³/mol. The Kier molecular flexibility index (Phi) is 4.74. The van der Waals surface area contributed by atoms with Gasteiger partial charge in [0.05, 0.1) is 15.5 Å². The normalized spacial score (nSPS) is 11.3. The minimum absolute atomic E-state index is 0.175. The van der Waals surface area contributed by atoms with E-state index in [0.717, 1.165) is 24.3 Å². The summed E-state index contributed by atoms with van der Waals surface area (Å²) in [5.74, 6) is -0.340. The van der Waals surface area contributed by atoms with E-state index < -0.39 is 21.6 Å². The lowest BCUT2D eigenvalue weighted by Crippen LogP contribution is -2.14. The Balaban J connectivity index is 2.30. The number of nitrogens with zero attached hydrogens (tertiary/aromatic N) is 1. The van der Waals surface area contributed by atoms with Crippen molar-refractivity contribution in [1.82, 2.24) is 0 Å². The van der Waals surface area contributed by atoms with Crippen LogP contribution in [0.3, 0.4) is 0 Å². The van der Waals surface area contributed by atoms with Gasteiger partial charge < -0.3 is 4.74 Å². The molecule has 0 saturated heterocycles. The first-order valence-corrected chi connectivity index (χ1v) is 7.59. The SMILES string of the molecule is O=[N+]([O-])c1ccc(S(=O)(=O)Nc2ccccc2OC(F)F)cc1. The van der Waals surface area contributed by atoms with E-state index in [9.17, 15) is 27.3 Å². The number of hydrogen-bond acceptors (Lipinski definition) is 5. The van der Waals surface area contributed by atoms with Gasteiger partial charge in [-0.15, -0.1) is 0 Å². The number of ether oxygens (including phenoxy) is 1. The lowest BCUT2D eigenvalue weighted by molar-refractivity contribution is -0.384. The summed E-state index contributed by atoms with van der Waals surface area (Å²) in [7, 11) is -4.11. The molecule has 1 N–H and O–H groups in total. The van der Waals surface area contributed by atoms with Gasteiger partial charge >= 0.3 is 6.61 Å². The molecule has 122 valence electrons. The van der Waals surface area contributed by atoms with E-state index in [2.05, 4.69) is 9.46 Å². The number of hydrogen-bond donors (Lipinski definition) is 1. The Morgan fingerprint density at radius 1 is 1.09 bits per heavy atom. The summed E-state index contributed by atoms with van der Waals surface area (Å²) >= 11 is 0. The standard InChI is InChI=1S/C13H10F2N2O5S/c14-13(15)22-12-4-2-1-3-11(12)16-23(20,21)10-7-5-9(6-8-10)17(18)19/h1-8,13,16H. The summed E-state index contributed by atoms with van der Waals surface area (Å²) in [6.07, 6.45) is 0. The zero-order valence-corrected chi connectivity index (χ0v) is 12.2. The van der Waals surface area contributed by atoms with Gasteiger partial charge in [0.15, 0.2) is 0 Å². The summed E-state index contributed by atoms with van der Waals surface area (Å²) in [6.45, 7) is -3.11. The van der Waals surface area contributed by atoms with Crippen LogP contribution in [-0.2, 0) is 10.0 Å². The van der Waals surface area contributed by atoms with Crippen molar-refractivity contribution in [2.24, 2.45) is 0 Å². The Morgan fingerprint density at radius 2 is 1.70 bits per heavy atom. The van der Waals surface area contributed by atoms with E-state index in [0.29, 0.717) is 0 Å². The molecule has 0 bridgehead atoms. The average Bonchev–Trinajstić information content (AvgIpc) is 2.48. The maximum Gasteiger partial charge on any atom is 0.387 e. The molecule has 7 nitrogen and oxygen atoms in total. The Bertz CT molecular complexity index is 809. The molecule has 0 saturated carbocycles. The largest absolute Gasteiger partial charge is 0.433 e. The lowest BCUT2D eigenvalue weighted by Gasteiger charge is -2.12. The van der Waals surface area contributed by atoms with Gasteiger partial charge in [-0.25, -0.2) is 8.42 Å². The van der Waals surface area contributed by atoms with Crippen LogP contribution in [0.4, 0.5) is 20.2 Å². The summed E-state index contributed by atoms with van der Waals surface area (Å²) < 4.78 is 55.3. The maximum absolute atomic E-state index is 12.3. The second kappa shape index (κ2) is 6.57. The van der Waals surface area contributed by atoms with Crippen molar-refractivity contribution in [1.29, 1.82) is 0 Å². The van der Waals surface area contributed by atoms with Gasteiger partial charge in [-0.2, -0.15) is 8.78 Å². The summed E-state index contributed by atoms with van der Waals surface area (Å²) in [6, 6.07) is 9.40. The fraction of sp³-hybridized carbons (Fsp3) is 0.0769. The number of nitrogens with one attached hydrogen (secondary N) is 1. The van der Waals surface area contributed by atoms with Gasteiger partial charge in [-0.1, -0.05) is 12.1 Å². The van der Waals surface area contributed by atoms with E-state index in [1.54, 1.807) is 0 Å². The van der Waals surface area contributed by atoms with Crippen LogP contribution >= 0.6 is 0 Å². The summed E-state index contributed by atoms with van der Waals surface area (Å²) in [5.41, 5.74) is -0.448. The van der Waals surface area contributed by atoms with Crippen LogP contribution < -0.4 is 9.46 Å². The molecule has 0 spiro atoms. The van der Waals surface area contributed by atoms with Crippen LogP contribution in [0.1, 0.15) is 0 Å². The minimum Gasteiger partial charge on any atom is -0.433 e. The summed E-state index contributed by atoms with van der Waals surface area (Å²) in [4.78, 5) is 9.63. The minimum atomic E-state index is -4.11. The van der Waals surface area contributed by atoms with Gasteiger partial charge in [-0.05, 0) is 24.3 Å². The molecule has 23 heavy (non-hydrogen) atoms. The topological polar surface area (TPSA) is 98.5 Å². The van der Waals surface area contributed by atoms with Crippen LogP contribution in [-0.4, -0.2) is 20.0 Å². The van der Waals surface area contributed by atoms with Crippen molar-refractivity contribution < 1.29 is 26.9 Å². The highest BCUT2D eigenvalue weighted by Crippen LogP contribution is 2.28. The second-order valence-electron chi connectivity index (χ2n) is 4.23. The van der Waals surface area contributed by atoms with Crippen molar-refractivity contribution in [3.05, 3.63) is 58.6 Å². The molecule has 2 aromatic carbocycles. The van der Waals surface area contributed by atoms with Gasteiger partial charge in [0, 0.05) is 12.1 Å². The van der Waals surface area contributed by atoms with Crippen molar-refractivity contribution in [3.8, 4) is 5.75 Å². The monoisotopic (exact) mass is 344 g/mol. The quantitative estimate of drug-likeness (QED) is 0.641. The molecule has 0 aliphatic heterocycles. The van der Waals surface area contributed by atoms with Crippen molar-refractivity contribution >= 4 is 21.4 Å². The highest BCUT2D eigenvalue weighted by atomic mass is 32.2. The third-order valence-electron chi connectivity index (χ3n) is 2.71. The zero-order valence-electron chi connectivity index (χ0n) is 11.3. The second-order valence-corrected chi connectivity index (χ2v) is 5.91. The van der Waals surface area contributed by atoms with Gasteiger partial charge in [-0.3, -0.25) is 14.8 Å². The fourth-order valence-corrected chi connectivity index (χ4v) is 2.77. The smallest absolute Gasteiger partial charge is 0.387 e. The van der Waals surface area contributed by atoms with Crippen LogP contribution in [0.2, 0.25) is 0 Å². The van der Waals surface area contributed by atoms with Crippen LogP contribution in [0, 0.1) is 10.1 Å². The van der Waals surface area contributed by atoms with Gasteiger partial charge in [0.1, 0.15) is 5.75 Å². The highest BCUT2D eigenvalue weighted by molar-refractivity contribution is 7.92. The molecule has 0 fully saturated rings. The lowest BCUT2D eigenvalue weighted by atomic mass is 10.3. The molecule has 0 amide bonds. The Labute approximate surface area is 129 Å². The predicted octanol–water partition coefficient (Wildman–Crippen LogP) is 3.00. The van der Waals surface area contributed by atoms with Gasteiger partial charge in [0.25, 0.3) is 15.7 Å². The zero-order chi connectivity index (χ0) is 17.0. The Morgan fingerprint density at radius 3 is 2.26 bits per heavy atom. The number of benzene rings is 2. The van der Waals surface area contributed by atoms with E-state index in [-0.39, 0.29) is 22.0 Å². The number of nitro groups is 1. The molecular formula is C13H10F2N2O5S. The fourth-order valence-electron chi connectivity index (χ4n) is 1.70. The molecule has 10 heteroatoms. The number of sulfonamides is 1. The highest BCUT2D eigenvalue weighted by Gasteiger charge is 2.19. The molecule has 0 aliphatic rings. The first kappa shape index (κ1) is 16.6. The van der Waals surface area contributed by atoms with E-state index in [1.807, 2.05) is 0 Å². The maximum atomic E-state index is 12.3. The van der Waals surface area contributed by atoms with Crippen molar-refractivity contribution in [2.45, 2.75) is 11.5 Å².